The lowest BCUT2D eigenvalue weighted by atomic mass is 9.82. The zero-order valence-electron chi connectivity index (χ0n) is 12.7. The van der Waals surface area contributed by atoms with Gasteiger partial charge < -0.3 is 9.16 Å². The molecule has 0 bridgehead atoms. The van der Waals surface area contributed by atoms with Crippen LogP contribution in [-0.2, 0) is 9.16 Å². The predicted octanol–water partition coefficient (Wildman–Crippen LogP) is 2.85. The molecule has 1 heterocycles. The Balaban J connectivity index is 2.22. The first-order chi connectivity index (χ1) is 8.16. The largest absolute Gasteiger partial charge is 0.408 e. The second-order valence-corrected chi connectivity index (χ2v) is 12.2. The van der Waals surface area contributed by atoms with Crippen LogP contribution in [0.2, 0.25) is 18.1 Å². The van der Waals surface area contributed by atoms with Crippen molar-refractivity contribution in [1.29, 1.82) is 0 Å². The molecule has 4 heteroatoms. The van der Waals surface area contributed by atoms with Crippen molar-refractivity contribution >= 4 is 16.2 Å². The topological polar surface area (TPSA) is 18.5 Å². The van der Waals surface area contributed by atoms with E-state index in [0.29, 0.717) is 6.00 Å². The van der Waals surface area contributed by atoms with Gasteiger partial charge in [-0.1, -0.05) is 32.9 Å². The molecule has 0 aromatic heterocycles. The molecule has 2 rings (SSSR count). The molecule has 2 nitrogen and oxygen atoms in total. The van der Waals surface area contributed by atoms with Gasteiger partial charge in [0.1, 0.15) is 7.85 Å². The molecule has 1 aliphatic carbocycles. The van der Waals surface area contributed by atoms with Crippen LogP contribution in [0.3, 0.4) is 0 Å². The van der Waals surface area contributed by atoms with Crippen LogP contribution in [0.1, 0.15) is 40.0 Å². The summed E-state index contributed by atoms with van der Waals surface area (Å²) in [5.74, 6) is 0. The SMILES string of the molecule is B[C@H]1C[C@@]2(O[Si](C)(C)C(C)(C)C)CC=CC[C@@H]2O1. The van der Waals surface area contributed by atoms with Gasteiger partial charge in [-0.3, -0.25) is 0 Å². The van der Waals surface area contributed by atoms with E-state index in [2.05, 4.69) is 53.9 Å². The molecule has 0 saturated carbocycles. The average molecular weight is 266 g/mol. The standard InChI is InChI=1S/C14H27BO2Si/c1-13(2,3)18(4,5)17-14-9-7-6-8-11(14)16-12(15)10-14/h6-7,11-12H,8-10,15H2,1-5H3/t11-,12+,14-/m0/s1. The third kappa shape index (κ3) is 2.47. The fourth-order valence-electron chi connectivity index (χ4n) is 2.87. The van der Waals surface area contributed by atoms with E-state index in [4.69, 9.17) is 9.16 Å². The van der Waals surface area contributed by atoms with Crippen LogP contribution in [0, 0.1) is 0 Å². The summed E-state index contributed by atoms with van der Waals surface area (Å²) in [5.41, 5.74) is -0.0445. The maximum atomic E-state index is 6.79. The van der Waals surface area contributed by atoms with Crippen molar-refractivity contribution in [1.82, 2.24) is 0 Å². The van der Waals surface area contributed by atoms with Crippen molar-refractivity contribution in [2.45, 2.75) is 75.9 Å². The van der Waals surface area contributed by atoms with Gasteiger partial charge in [0.25, 0.3) is 0 Å². The first kappa shape index (κ1) is 14.4. The summed E-state index contributed by atoms with van der Waals surface area (Å²) in [6.07, 6.45) is 7.88. The number of fused-ring (bicyclic) bond motifs is 1. The molecular formula is C14H27BO2Si. The summed E-state index contributed by atoms with van der Waals surface area (Å²) >= 11 is 0. The number of hydrogen-bond donors (Lipinski definition) is 0. The molecule has 0 aromatic rings. The van der Waals surface area contributed by atoms with E-state index in [9.17, 15) is 0 Å². The highest BCUT2D eigenvalue weighted by atomic mass is 28.4. The molecule has 18 heavy (non-hydrogen) atoms. The van der Waals surface area contributed by atoms with Gasteiger partial charge in [-0.05, 0) is 37.4 Å². The molecule has 0 N–H and O–H groups in total. The van der Waals surface area contributed by atoms with Crippen LogP contribution < -0.4 is 0 Å². The Kier molecular flexibility index (Phi) is 3.59. The number of hydrogen-bond acceptors (Lipinski definition) is 2. The van der Waals surface area contributed by atoms with Crippen molar-refractivity contribution in [3.8, 4) is 0 Å². The van der Waals surface area contributed by atoms with Gasteiger partial charge in [-0.25, -0.2) is 0 Å². The first-order valence-electron chi connectivity index (χ1n) is 7.17. The molecule has 0 spiro atoms. The zero-order valence-corrected chi connectivity index (χ0v) is 13.7. The van der Waals surface area contributed by atoms with Gasteiger partial charge in [0.05, 0.1) is 11.7 Å². The Labute approximate surface area is 114 Å². The van der Waals surface area contributed by atoms with E-state index in [1.165, 1.54) is 0 Å². The van der Waals surface area contributed by atoms with Crippen molar-refractivity contribution < 1.29 is 9.16 Å². The van der Waals surface area contributed by atoms with E-state index in [0.717, 1.165) is 19.3 Å². The highest BCUT2D eigenvalue weighted by Crippen LogP contribution is 2.47. The van der Waals surface area contributed by atoms with E-state index >= 15 is 0 Å². The lowest BCUT2D eigenvalue weighted by molar-refractivity contribution is -0.0314. The average Bonchev–Trinajstić information content (AvgIpc) is 2.50. The molecule has 1 fully saturated rings. The van der Waals surface area contributed by atoms with Gasteiger partial charge in [0.2, 0.25) is 0 Å². The van der Waals surface area contributed by atoms with Crippen LogP contribution in [0.5, 0.6) is 0 Å². The normalized spacial score (nSPS) is 36.7. The van der Waals surface area contributed by atoms with Gasteiger partial charge >= 0.3 is 0 Å². The molecule has 0 amide bonds. The summed E-state index contributed by atoms with van der Waals surface area (Å²) < 4.78 is 12.9. The summed E-state index contributed by atoms with van der Waals surface area (Å²) in [5, 5.41) is 0.263. The van der Waals surface area contributed by atoms with Crippen molar-refractivity contribution in [3.05, 3.63) is 12.2 Å². The quantitative estimate of drug-likeness (QED) is 0.565. The van der Waals surface area contributed by atoms with Crippen LogP contribution in [0.15, 0.2) is 12.2 Å². The monoisotopic (exact) mass is 266 g/mol. The summed E-state index contributed by atoms with van der Waals surface area (Å²) in [6, 6.07) is 0.333. The first-order valence-corrected chi connectivity index (χ1v) is 10.1. The zero-order chi connectivity index (χ0) is 13.6. The Bertz CT molecular complexity index is 348. The van der Waals surface area contributed by atoms with Crippen molar-refractivity contribution in [3.63, 3.8) is 0 Å². The second kappa shape index (κ2) is 4.50. The minimum Gasteiger partial charge on any atom is -0.408 e. The minimum absolute atomic E-state index is 0.0445. The van der Waals surface area contributed by atoms with E-state index in [1.807, 2.05) is 0 Å². The third-order valence-electron chi connectivity index (χ3n) is 4.86. The number of rotatable bonds is 2. The highest BCUT2D eigenvalue weighted by Gasteiger charge is 2.53. The Morgan fingerprint density at radius 2 is 2.00 bits per heavy atom. The molecule has 0 unspecified atom stereocenters. The van der Waals surface area contributed by atoms with Crippen molar-refractivity contribution in [2.24, 2.45) is 0 Å². The number of ether oxygens (including phenoxy) is 1. The lowest BCUT2D eigenvalue weighted by Crippen LogP contribution is -2.53. The Morgan fingerprint density at radius 3 is 2.61 bits per heavy atom. The molecule has 1 saturated heterocycles. The van der Waals surface area contributed by atoms with Gasteiger partial charge in [-0.2, -0.15) is 0 Å². The van der Waals surface area contributed by atoms with Gasteiger partial charge in [0, 0.05) is 6.00 Å². The third-order valence-corrected chi connectivity index (χ3v) is 9.39. The van der Waals surface area contributed by atoms with E-state index < -0.39 is 8.32 Å². The molecule has 0 radical (unpaired) electrons. The molecule has 3 atom stereocenters. The molecular weight excluding hydrogens is 239 g/mol. The summed E-state index contributed by atoms with van der Waals surface area (Å²) in [4.78, 5) is 0. The van der Waals surface area contributed by atoms with Gasteiger partial charge in [-0.15, -0.1) is 0 Å². The van der Waals surface area contributed by atoms with Gasteiger partial charge in [0.15, 0.2) is 8.32 Å². The maximum absolute atomic E-state index is 6.79. The van der Waals surface area contributed by atoms with Crippen LogP contribution in [0.4, 0.5) is 0 Å². The maximum Gasteiger partial charge on any atom is 0.192 e. The highest BCUT2D eigenvalue weighted by molar-refractivity contribution is 6.74. The van der Waals surface area contributed by atoms with Crippen molar-refractivity contribution in [2.75, 3.05) is 0 Å². The molecule has 1 aliphatic heterocycles. The lowest BCUT2D eigenvalue weighted by Gasteiger charge is -2.46. The summed E-state index contributed by atoms with van der Waals surface area (Å²) in [7, 11) is 0.445. The molecule has 2 aliphatic rings. The minimum atomic E-state index is -1.73. The Hall–Kier alpha value is -0.0582. The fourth-order valence-corrected chi connectivity index (χ4v) is 4.49. The smallest absolute Gasteiger partial charge is 0.192 e. The fraction of sp³-hybridized carbons (Fsp3) is 0.857. The van der Waals surface area contributed by atoms with Crippen LogP contribution in [-0.4, -0.2) is 33.9 Å². The Morgan fingerprint density at radius 1 is 1.33 bits per heavy atom. The van der Waals surface area contributed by atoms with E-state index in [-0.39, 0.29) is 16.7 Å². The van der Waals surface area contributed by atoms with Crippen LogP contribution >= 0.6 is 0 Å². The molecule has 102 valence electrons. The summed E-state index contributed by atoms with van der Waals surface area (Å²) in [6.45, 7) is 11.6. The predicted molar refractivity (Wildman–Crippen MR) is 81.2 cm³/mol. The van der Waals surface area contributed by atoms with E-state index in [1.54, 1.807) is 0 Å². The molecule has 0 aromatic carbocycles. The second-order valence-electron chi connectivity index (χ2n) is 7.48. The van der Waals surface area contributed by atoms with Crippen LogP contribution in [0.25, 0.3) is 0 Å².